The molecule has 0 radical (unpaired) electrons. The van der Waals surface area contributed by atoms with Crippen molar-refractivity contribution in [1.82, 2.24) is 9.97 Å². The molecule has 0 aliphatic heterocycles. The largest absolute Gasteiger partial charge is 0.338 e. The molecule has 0 aliphatic carbocycles. The first kappa shape index (κ1) is 13.0. The van der Waals surface area contributed by atoms with Gasteiger partial charge in [0.05, 0.1) is 16.7 Å². The number of H-pyrrole nitrogens is 1. The molecule has 106 valence electrons. The summed E-state index contributed by atoms with van der Waals surface area (Å²) in [5.74, 6) is 0.884. The summed E-state index contributed by atoms with van der Waals surface area (Å²) in [5, 5.41) is 2.05. The minimum Gasteiger partial charge on any atom is -0.338 e. The summed E-state index contributed by atoms with van der Waals surface area (Å²) >= 11 is 1.68. The van der Waals surface area contributed by atoms with Crippen LogP contribution in [0, 0.1) is 0 Å². The standard InChI is InChI=1S/C18H13N3S/c1-2-5-13(6-3-1)18-20-16-9-8-14(11-17(16)21-18)19-12-15-7-4-10-22-15/h1-12H,(H,20,21). The molecule has 22 heavy (non-hydrogen) atoms. The Balaban J connectivity index is 1.69. The van der Waals surface area contributed by atoms with Crippen LogP contribution in [0.3, 0.4) is 0 Å². The first-order valence-corrected chi connectivity index (χ1v) is 7.89. The third-order valence-corrected chi connectivity index (χ3v) is 4.20. The van der Waals surface area contributed by atoms with Gasteiger partial charge in [0.25, 0.3) is 0 Å². The van der Waals surface area contributed by atoms with Crippen LogP contribution in [0.2, 0.25) is 0 Å². The summed E-state index contributed by atoms with van der Waals surface area (Å²) in [7, 11) is 0. The molecule has 0 saturated heterocycles. The summed E-state index contributed by atoms with van der Waals surface area (Å²) in [6.07, 6.45) is 1.89. The zero-order valence-electron chi connectivity index (χ0n) is 11.7. The third-order valence-electron chi connectivity index (χ3n) is 3.40. The van der Waals surface area contributed by atoms with Crippen molar-refractivity contribution in [2.24, 2.45) is 4.99 Å². The van der Waals surface area contributed by atoms with E-state index in [1.165, 1.54) is 0 Å². The average Bonchev–Trinajstić information content (AvgIpc) is 3.22. The minimum atomic E-state index is 0.884. The van der Waals surface area contributed by atoms with Gasteiger partial charge in [0.15, 0.2) is 0 Å². The number of nitrogens with one attached hydrogen (secondary N) is 1. The molecule has 2 aromatic carbocycles. The van der Waals surface area contributed by atoms with Gasteiger partial charge in [-0.05, 0) is 29.6 Å². The highest BCUT2D eigenvalue weighted by molar-refractivity contribution is 7.11. The number of hydrogen-bond donors (Lipinski definition) is 1. The highest BCUT2D eigenvalue weighted by Gasteiger charge is 2.05. The monoisotopic (exact) mass is 303 g/mol. The molecule has 0 spiro atoms. The Labute approximate surface area is 132 Å². The fourth-order valence-corrected chi connectivity index (χ4v) is 2.90. The van der Waals surface area contributed by atoms with Crippen LogP contribution in [-0.2, 0) is 0 Å². The van der Waals surface area contributed by atoms with Crippen LogP contribution in [0.15, 0.2) is 71.0 Å². The van der Waals surface area contributed by atoms with Gasteiger partial charge in [0.2, 0.25) is 0 Å². The first-order valence-electron chi connectivity index (χ1n) is 7.01. The molecule has 0 aliphatic rings. The predicted molar refractivity (Wildman–Crippen MR) is 93.1 cm³/mol. The lowest BCUT2D eigenvalue weighted by atomic mass is 10.2. The normalized spacial score (nSPS) is 11.5. The number of hydrogen-bond acceptors (Lipinski definition) is 3. The van der Waals surface area contributed by atoms with Crippen LogP contribution >= 0.6 is 11.3 Å². The number of thiophene rings is 1. The molecular formula is C18H13N3S. The Hall–Kier alpha value is -2.72. The predicted octanol–water partition coefficient (Wildman–Crippen LogP) is 5.04. The molecule has 0 bridgehead atoms. The topological polar surface area (TPSA) is 41.0 Å². The Bertz CT molecular complexity index is 922. The highest BCUT2D eigenvalue weighted by Crippen LogP contribution is 2.24. The van der Waals surface area contributed by atoms with E-state index in [1.807, 2.05) is 66.2 Å². The number of rotatable bonds is 3. The molecule has 4 rings (SSSR count). The molecule has 1 N–H and O–H groups in total. The maximum absolute atomic E-state index is 4.63. The van der Waals surface area contributed by atoms with Gasteiger partial charge >= 0.3 is 0 Å². The number of aliphatic imine (C=N–C) groups is 1. The number of fused-ring (bicyclic) bond motifs is 1. The van der Waals surface area contributed by atoms with E-state index in [2.05, 4.69) is 21.0 Å². The molecule has 0 atom stereocenters. The quantitative estimate of drug-likeness (QED) is 0.529. The van der Waals surface area contributed by atoms with E-state index in [1.54, 1.807) is 11.3 Å². The molecule has 0 unspecified atom stereocenters. The van der Waals surface area contributed by atoms with Gasteiger partial charge in [-0.1, -0.05) is 36.4 Å². The molecule has 4 aromatic rings. The Morgan fingerprint density at radius 3 is 2.73 bits per heavy atom. The van der Waals surface area contributed by atoms with Crippen molar-refractivity contribution in [2.45, 2.75) is 0 Å². The van der Waals surface area contributed by atoms with E-state index < -0.39 is 0 Å². The number of aromatic nitrogens is 2. The van der Waals surface area contributed by atoms with E-state index in [0.29, 0.717) is 0 Å². The lowest BCUT2D eigenvalue weighted by Crippen LogP contribution is -1.77. The second kappa shape index (κ2) is 5.58. The van der Waals surface area contributed by atoms with Gasteiger partial charge in [0, 0.05) is 16.7 Å². The van der Waals surface area contributed by atoms with E-state index >= 15 is 0 Å². The number of benzene rings is 2. The maximum atomic E-state index is 4.63. The van der Waals surface area contributed by atoms with Crippen LogP contribution in [0.1, 0.15) is 4.88 Å². The van der Waals surface area contributed by atoms with Crippen molar-refractivity contribution in [3.63, 3.8) is 0 Å². The third kappa shape index (κ3) is 2.56. The minimum absolute atomic E-state index is 0.884. The molecule has 0 fully saturated rings. The Kier molecular flexibility index (Phi) is 3.29. The van der Waals surface area contributed by atoms with E-state index in [0.717, 1.165) is 33.0 Å². The summed E-state index contributed by atoms with van der Waals surface area (Å²) in [4.78, 5) is 13.7. The van der Waals surface area contributed by atoms with Crippen LogP contribution in [0.25, 0.3) is 22.4 Å². The van der Waals surface area contributed by atoms with Crippen LogP contribution in [0.5, 0.6) is 0 Å². The molecular weight excluding hydrogens is 290 g/mol. The summed E-state index contributed by atoms with van der Waals surface area (Å²) in [6.45, 7) is 0. The smallest absolute Gasteiger partial charge is 0.138 e. The summed E-state index contributed by atoms with van der Waals surface area (Å²) < 4.78 is 0. The second-order valence-corrected chi connectivity index (χ2v) is 5.91. The number of nitrogens with zero attached hydrogens (tertiary/aromatic N) is 2. The zero-order valence-corrected chi connectivity index (χ0v) is 12.5. The van der Waals surface area contributed by atoms with E-state index in [-0.39, 0.29) is 0 Å². The maximum Gasteiger partial charge on any atom is 0.138 e. The van der Waals surface area contributed by atoms with Gasteiger partial charge < -0.3 is 4.98 Å². The Morgan fingerprint density at radius 1 is 1.00 bits per heavy atom. The highest BCUT2D eigenvalue weighted by atomic mass is 32.1. The van der Waals surface area contributed by atoms with Crippen molar-refractivity contribution in [1.29, 1.82) is 0 Å². The fraction of sp³-hybridized carbons (Fsp3) is 0. The van der Waals surface area contributed by atoms with Crippen molar-refractivity contribution in [2.75, 3.05) is 0 Å². The second-order valence-electron chi connectivity index (χ2n) is 4.93. The zero-order chi connectivity index (χ0) is 14.8. The van der Waals surface area contributed by atoms with Gasteiger partial charge in [-0.3, -0.25) is 4.99 Å². The van der Waals surface area contributed by atoms with Crippen molar-refractivity contribution < 1.29 is 0 Å². The van der Waals surface area contributed by atoms with E-state index in [9.17, 15) is 0 Å². The van der Waals surface area contributed by atoms with Crippen molar-refractivity contribution in [3.8, 4) is 11.4 Å². The summed E-state index contributed by atoms with van der Waals surface area (Å²) in [5.41, 5.74) is 3.96. The molecule has 2 aromatic heterocycles. The van der Waals surface area contributed by atoms with Gasteiger partial charge in [-0.25, -0.2) is 4.98 Å². The van der Waals surface area contributed by atoms with Crippen LogP contribution in [-0.4, -0.2) is 16.2 Å². The summed E-state index contributed by atoms with van der Waals surface area (Å²) in [6, 6.07) is 20.2. The number of imidazole rings is 1. The van der Waals surface area contributed by atoms with E-state index in [4.69, 9.17) is 0 Å². The average molecular weight is 303 g/mol. The molecule has 3 nitrogen and oxygen atoms in total. The molecule has 0 saturated carbocycles. The first-order chi connectivity index (χ1) is 10.9. The fourth-order valence-electron chi connectivity index (χ4n) is 2.31. The Morgan fingerprint density at radius 2 is 1.91 bits per heavy atom. The lowest BCUT2D eigenvalue weighted by Gasteiger charge is -1.93. The van der Waals surface area contributed by atoms with Gasteiger partial charge in [-0.2, -0.15) is 0 Å². The van der Waals surface area contributed by atoms with Gasteiger partial charge in [-0.15, -0.1) is 11.3 Å². The van der Waals surface area contributed by atoms with Gasteiger partial charge in [0.1, 0.15) is 5.82 Å². The molecule has 4 heteroatoms. The molecule has 2 heterocycles. The lowest BCUT2D eigenvalue weighted by molar-refractivity contribution is 1.34. The van der Waals surface area contributed by atoms with Crippen molar-refractivity contribution in [3.05, 3.63) is 70.9 Å². The SMILES string of the molecule is C(=Nc1ccc2nc(-c3ccccc3)[nH]c2c1)c1cccs1. The van der Waals surface area contributed by atoms with Crippen LogP contribution in [0.4, 0.5) is 5.69 Å². The number of aromatic amines is 1. The molecule has 0 amide bonds. The van der Waals surface area contributed by atoms with Crippen LogP contribution < -0.4 is 0 Å². The van der Waals surface area contributed by atoms with Crippen molar-refractivity contribution >= 4 is 34.3 Å².